The quantitative estimate of drug-likeness (QED) is 0.509. The highest BCUT2D eigenvalue weighted by atomic mass is 32.1. The molecule has 35 heavy (non-hydrogen) atoms. The van der Waals surface area contributed by atoms with Crippen molar-refractivity contribution in [2.24, 2.45) is 0 Å². The number of nitrogens with one attached hydrogen (secondary N) is 1. The second-order valence-corrected chi connectivity index (χ2v) is 11.1. The number of hydrogen-bond donors (Lipinski definition) is 2. The third-order valence-electron chi connectivity index (χ3n) is 7.87. The van der Waals surface area contributed by atoms with Crippen molar-refractivity contribution >= 4 is 17.2 Å². The van der Waals surface area contributed by atoms with Crippen molar-refractivity contribution < 1.29 is 14.6 Å². The molecule has 1 spiro atoms. The van der Waals surface area contributed by atoms with Gasteiger partial charge in [0.15, 0.2) is 0 Å². The molecule has 2 atom stereocenters. The Balaban J connectivity index is 1.34. The van der Waals surface area contributed by atoms with Crippen molar-refractivity contribution in [3.05, 3.63) is 86.6 Å². The van der Waals surface area contributed by atoms with Crippen LogP contribution in [0.4, 0.5) is 0 Å². The number of likely N-dealkylation sites (tertiary alicyclic amines) is 1. The average Bonchev–Trinajstić information content (AvgIpc) is 3.44. The Bertz CT molecular complexity index is 1180. The monoisotopic (exact) mass is 490 g/mol. The van der Waals surface area contributed by atoms with Crippen LogP contribution < -0.4 is 5.32 Å². The molecule has 3 aromatic rings. The Morgan fingerprint density at radius 3 is 2.51 bits per heavy atom. The maximum absolute atomic E-state index is 13.0. The van der Waals surface area contributed by atoms with Gasteiger partial charge in [-0.05, 0) is 79.0 Å². The fourth-order valence-electron chi connectivity index (χ4n) is 6.23. The van der Waals surface area contributed by atoms with Gasteiger partial charge in [0.1, 0.15) is 5.75 Å². The molecule has 0 radical (unpaired) electrons. The van der Waals surface area contributed by atoms with E-state index in [2.05, 4.69) is 46.6 Å². The highest BCUT2D eigenvalue weighted by Crippen LogP contribution is 2.52. The molecule has 1 aliphatic carbocycles. The molecular formula is C29H34N2O3S. The SMILES string of the molecule is CO[C@H]1[C@H](NC(=O)Cc2cccs2)c2ccccc2C12CCN(Cc1cc(C)c(O)c(C)c1)CC2. The molecule has 184 valence electrons. The van der Waals surface area contributed by atoms with Gasteiger partial charge >= 0.3 is 0 Å². The van der Waals surface area contributed by atoms with Gasteiger partial charge in [-0.25, -0.2) is 0 Å². The van der Waals surface area contributed by atoms with Crippen LogP contribution in [-0.4, -0.2) is 42.2 Å². The highest BCUT2D eigenvalue weighted by Gasteiger charge is 2.53. The van der Waals surface area contributed by atoms with Crippen LogP contribution >= 0.6 is 11.3 Å². The van der Waals surface area contributed by atoms with Gasteiger partial charge in [-0.15, -0.1) is 11.3 Å². The number of methoxy groups -OCH3 is 1. The Morgan fingerprint density at radius 1 is 1.14 bits per heavy atom. The molecule has 0 saturated carbocycles. The van der Waals surface area contributed by atoms with E-state index in [1.807, 2.05) is 31.4 Å². The molecule has 2 heterocycles. The first-order valence-electron chi connectivity index (χ1n) is 12.4. The van der Waals surface area contributed by atoms with E-state index in [9.17, 15) is 9.90 Å². The van der Waals surface area contributed by atoms with Gasteiger partial charge in [-0.2, -0.15) is 0 Å². The van der Waals surface area contributed by atoms with Crippen molar-refractivity contribution in [3.8, 4) is 5.75 Å². The first kappa shape index (κ1) is 24.0. The topological polar surface area (TPSA) is 61.8 Å². The standard InChI is InChI=1S/C29H34N2O3S/c1-19-15-21(16-20(2)27(19)33)18-31-12-10-29(11-13-31)24-9-5-4-8-23(24)26(28(29)34-3)30-25(32)17-22-7-6-14-35-22/h4-9,14-16,26,28,33H,10-13,17-18H2,1-3H3,(H,30,32)/t26-,28+/m1/s1. The van der Waals surface area contributed by atoms with Gasteiger partial charge in [-0.3, -0.25) is 9.69 Å². The number of aryl methyl sites for hydroxylation is 2. The van der Waals surface area contributed by atoms with E-state index < -0.39 is 0 Å². The van der Waals surface area contributed by atoms with Crippen molar-refractivity contribution in [1.29, 1.82) is 0 Å². The maximum atomic E-state index is 13.0. The minimum Gasteiger partial charge on any atom is -0.507 e. The van der Waals surface area contributed by atoms with Crippen LogP contribution in [-0.2, 0) is 27.9 Å². The maximum Gasteiger partial charge on any atom is 0.225 e. The van der Waals surface area contributed by atoms with Crippen LogP contribution in [0.2, 0.25) is 0 Å². The molecule has 0 bridgehead atoms. The van der Waals surface area contributed by atoms with E-state index >= 15 is 0 Å². The molecule has 0 unspecified atom stereocenters. The summed E-state index contributed by atoms with van der Waals surface area (Å²) in [6.07, 6.45) is 2.28. The largest absolute Gasteiger partial charge is 0.507 e. The first-order valence-corrected chi connectivity index (χ1v) is 13.2. The molecular weight excluding hydrogens is 456 g/mol. The van der Waals surface area contributed by atoms with Gasteiger partial charge in [0.2, 0.25) is 5.91 Å². The van der Waals surface area contributed by atoms with Crippen molar-refractivity contribution in [3.63, 3.8) is 0 Å². The molecule has 1 fully saturated rings. The van der Waals surface area contributed by atoms with E-state index in [4.69, 9.17) is 4.74 Å². The molecule has 1 aromatic heterocycles. The predicted molar refractivity (Wildman–Crippen MR) is 140 cm³/mol. The van der Waals surface area contributed by atoms with Crippen molar-refractivity contribution in [2.45, 2.75) is 57.2 Å². The second-order valence-electron chi connectivity index (χ2n) is 10.1. The second kappa shape index (κ2) is 9.76. The number of phenolic OH excluding ortho intramolecular Hbond substituents is 1. The summed E-state index contributed by atoms with van der Waals surface area (Å²) in [5.74, 6) is 0.436. The zero-order valence-electron chi connectivity index (χ0n) is 20.7. The minimum absolute atomic E-state index is 0.0434. The predicted octanol–water partition coefficient (Wildman–Crippen LogP) is 5.03. The number of thiophene rings is 1. The zero-order valence-corrected chi connectivity index (χ0v) is 21.5. The summed E-state index contributed by atoms with van der Waals surface area (Å²) < 4.78 is 6.18. The number of phenols is 1. The van der Waals surface area contributed by atoms with E-state index in [1.165, 1.54) is 16.7 Å². The number of nitrogens with zero attached hydrogens (tertiary/aromatic N) is 1. The number of benzene rings is 2. The minimum atomic E-state index is -0.141. The van der Waals surface area contributed by atoms with Gasteiger partial charge in [0.25, 0.3) is 0 Å². The van der Waals surface area contributed by atoms with Crippen LogP contribution in [0.1, 0.15) is 51.6 Å². The number of aromatic hydroxyl groups is 1. The summed E-state index contributed by atoms with van der Waals surface area (Å²) in [4.78, 5) is 16.5. The molecule has 1 aliphatic heterocycles. The molecule has 1 saturated heterocycles. The fourth-order valence-corrected chi connectivity index (χ4v) is 6.93. The van der Waals surface area contributed by atoms with Crippen LogP contribution in [0.3, 0.4) is 0 Å². The smallest absolute Gasteiger partial charge is 0.225 e. The number of ether oxygens (including phenoxy) is 1. The molecule has 5 nitrogen and oxygen atoms in total. The van der Waals surface area contributed by atoms with Crippen LogP contribution in [0.5, 0.6) is 5.75 Å². The van der Waals surface area contributed by atoms with E-state index in [0.29, 0.717) is 12.2 Å². The lowest BCUT2D eigenvalue weighted by molar-refractivity contribution is -0.122. The van der Waals surface area contributed by atoms with Gasteiger partial charge in [-0.1, -0.05) is 42.5 Å². The number of piperidine rings is 1. The summed E-state index contributed by atoms with van der Waals surface area (Å²) in [6, 6.07) is 16.6. The third kappa shape index (κ3) is 4.51. The normalized spacial score (nSPS) is 21.2. The number of rotatable bonds is 6. The Morgan fingerprint density at radius 2 is 1.86 bits per heavy atom. The van der Waals surface area contributed by atoms with E-state index in [0.717, 1.165) is 48.5 Å². The Hall–Kier alpha value is -2.67. The summed E-state index contributed by atoms with van der Waals surface area (Å²) >= 11 is 1.61. The highest BCUT2D eigenvalue weighted by molar-refractivity contribution is 7.10. The summed E-state index contributed by atoms with van der Waals surface area (Å²) in [5, 5.41) is 15.5. The molecule has 1 amide bonds. The van der Waals surface area contributed by atoms with E-state index in [-0.39, 0.29) is 23.5 Å². The first-order chi connectivity index (χ1) is 16.9. The third-order valence-corrected chi connectivity index (χ3v) is 8.75. The van der Waals surface area contributed by atoms with Crippen molar-refractivity contribution in [2.75, 3.05) is 20.2 Å². The average molecular weight is 491 g/mol. The number of carbonyl (C=O) groups excluding carboxylic acids is 1. The number of fused-ring (bicyclic) bond motifs is 2. The number of hydrogen-bond acceptors (Lipinski definition) is 5. The number of carbonyl (C=O) groups is 1. The van der Waals surface area contributed by atoms with Gasteiger partial charge < -0.3 is 15.2 Å². The van der Waals surface area contributed by atoms with Crippen LogP contribution in [0.15, 0.2) is 53.9 Å². The summed E-state index contributed by atoms with van der Waals surface area (Å²) in [5.41, 5.74) is 5.50. The van der Waals surface area contributed by atoms with Gasteiger partial charge in [0, 0.05) is 23.9 Å². The molecule has 5 rings (SSSR count). The lowest BCUT2D eigenvalue weighted by Gasteiger charge is -2.44. The lowest BCUT2D eigenvalue weighted by atomic mass is 9.71. The van der Waals surface area contributed by atoms with Crippen LogP contribution in [0.25, 0.3) is 0 Å². The summed E-state index contributed by atoms with van der Waals surface area (Å²) in [6.45, 7) is 6.72. The van der Waals surface area contributed by atoms with Crippen LogP contribution in [0, 0.1) is 13.8 Å². The van der Waals surface area contributed by atoms with Crippen molar-refractivity contribution in [1.82, 2.24) is 10.2 Å². The summed E-state index contributed by atoms with van der Waals surface area (Å²) in [7, 11) is 1.78. The molecule has 6 heteroatoms. The van der Waals surface area contributed by atoms with E-state index in [1.54, 1.807) is 18.4 Å². The number of amides is 1. The molecule has 2 aromatic carbocycles. The van der Waals surface area contributed by atoms with Gasteiger partial charge in [0.05, 0.1) is 18.6 Å². The molecule has 2 aliphatic rings. The molecule has 2 N–H and O–H groups in total. The Labute approximate surface area is 211 Å². The fraction of sp³-hybridized carbons (Fsp3) is 0.414. The lowest BCUT2D eigenvalue weighted by Crippen LogP contribution is -2.50. The zero-order chi connectivity index (χ0) is 24.6. The Kier molecular flexibility index (Phi) is 6.71.